The van der Waals surface area contributed by atoms with Crippen LogP contribution in [0.5, 0.6) is 5.75 Å². The Hall–Kier alpha value is -3.11. The summed E-state index contributed by atoms with van der Waals surface area (Å²) in [7, 11) is 0. The molecule has 0 bridgehead atoms. The molecule has 0 aliphatic rings. The average molecular weight is 340 g/mol. The summed E-state index contributed by atoms with van der Waals surface area (Å²) in [5, 5.41) is 14.6. The molecule has 7 heteroatoms. The van der Waals surface area contributed by atoms with Crippen LogP contribution in [0.15, 0.2) is 44.9 Å². The van der Waals surface area contributed by atoms with E-state index in [1.165, 1.54) is 17.4 Å². The number of rotatable bonds is 4. The molecular formula is C17H12N2O4S. The molecule has 2 aromatic heterocycles. The van der Waals surface area contributed by atoms with Gasteiger partial charge in [-0.05, 0) is 36.1 Å². The Balaban J connectivity index is 1.70. The highest BCUT2D eigenvalue weighted by Gasteiger charge is 2.10. The fourth-order valence-corrected chi connectivity index (χ4v) is 2.95. The van der Waals surface area contributed by atoms with Gasteiger partial charge in [-0.15, -0.1) is 11.3 Å². The van der Waals surface area contributed by atoms with Crippen LogP contribution in [0.4, 0.5) is 5.00 Å². The topological polar surface area (TPSA) is 92.3 Å². The standard InChI is InChI=1S/C17H12N2O4S/c1-10-6-16(21)23-14-7-12(2-3-13(10)14)22-9-15(20)19-17-11(8-18)4-5-24-17/h2-7H,9H2,1H3,(H,19,20). The smallest absolute Gasteiger partial charge is 0.336 e. The first kappa shape index (κ1) is 15.8. The highest BCUT2D eigenvalue weighted by molar-refractivity contribution is 7.14. The van der Waals surface area contributed by atoms with E-state index < -0.39 is 5.63 Å². The van der Waals surface area contributed by atoms with Gasteiger partial charge >= 0.3 is 5.63 Å². The van der Waals surface area contributed by atoms with Crippen molar-refractivity contribution in [3.8, 4) is 11.8 Å². The highest BCUT2D eigenvalue weighted by Crippen LogP contribution is 2.23. The first-order valence-electron chi connectivity index (χ1n) is 7.01. The number of nitrogens with zero attached hydrogens (tertiary/aromatic N) is 1. The second-order valence-electron chi connectivity index (χ2n) is 5.02. The molecule has 0 saturated heterocycles. The second-order valence-corrected chi connectivity index (χ2v) is 5.93. The number of hydrogen-bond acceptors (Lipinski definition) is 6. The van der Waals surface area contributed by atoms with Gasteiger partial charge in [-0.1, -0.05) is 0 Å². The molecule has 0 fully saturated rings. The molecule has 6 nitrogen and oxygen atoms in total. The van der Waals surface area contributed by atoms with Crippen LogP contribution < -0.4 is 15.7 Å². The summed E-state index contributed by atoms with van der Waals surface area (Å²) in [6, 6.07) is 10.1. The number of nitriles is 1. The minimum atomic E-state index is -0.434. The number of hydrogen-bond donors (Lipinski definition) is 1. The van der Waals surface area contributed by atoms with E-state index in [0.717, 1.165) is 10.9 Å². The lowest BCUT2D eigenvalue weighted by molar-refractivity contribution is -0.118. The normalized spacial score (nSPS) is 10.3. The summed E-state index contributed by atoms with van der Waals surface area (Å²) in [5.74, 6) is 0.0397. The first-order chi connectivity index (χ1) is 11.6. The number of anilines is 1. The van der Waals surface area contributed by atoms with Gasteiger partial charge < -0.3 is 14.5 Å². The van der Waals surface area contributed by atoms with Crippen LogP contribution in [0.25, 0.3) is 11.0 Å². The Labute approximate surface area is 140 Å². The van der Waals surface area contributed by atoms with Gasteiger partial charge in [-0.3, -0.25) is 4.79 Å². The summed E-state index contributed by atoms with van der Waals surface area (Å²) in [6.45, 7) is 1.60. The number of ether oxygens (including phenoxy) is 1. The third-order valence-corrected chi connectivity index (χ3v) is 4.16. The van der Waals surface area contributed by atoms with Gasteiger partial charge in [0.15, 0.2) is 6.61 Å². The first-order valence-corrected chi connectivity index (χ1v) is 7.89. The average Bonchev–Trinajstić information content (AvgIpc) is 2.99. The van der Waals surface area contributed by atoms with Crippen molar-refractivity contribution in [2.45, 2.75) is 6.92 Å². The number of carbonyl (C=O) groups is 1. The van der Waals surface area contributed by atoms with Crippen molar-refractivity contribution in [1.82, 2.24) is 0 Å². The van der Waals surface area contributed by atoms with E-state index in [1.807, 2.05) is 13.0 Å². The van der Waals surface area contributed by atoms with Crippen LogP contribution in [0.3, 0.4) is 0 Å². The maximum Gasteiger partial charge on any atom is 0.336 e. The van der Waals surface area contributed by atoms with Crippen LogP contribution in [0.2, 0.25) is 0 Å². The van der Waals surface area contributed by atoms with Crippen LogP contribution in [-0.2, 0) is 4.79 Å². The predicted octanol–water partition coefficient (Wildman–Crippen LogP) is 3.05. The van der Waals surface area contributed by atoms with Gasteiger partial charge in [0.05, 0.1) is 5.56 Å². The number of thiophene rings is 1. The molecule has 0 unspecified atom stereocenters. The van der Waals surface area contributed by atoms with E-state index in [0.29, 0.717) is 21.9 Å². The summed E-state index contributed by atoms with van der Waals surface area (Å²) >= 11 is 1.27. The molecule has 3 rings (SSSR count). The van der Waals surface area contributed by atoms with E-state index >= 15 is 0 Å². The van der Waals surface area contributed by atoms with E-state index in [-0.39, 0.29) is 12.5 Å². The number of amides is 1. The van der Waals surface area contributed by atoms with Crippen molar-refractivity contribution in [2.24, 2.45) is 0 Å². The second kappa shape index (κ2) is 6.56. The zero-order valence-electron chi connectivity index (χ0n) is 12.7. The summed E-state index contributed by atoms with van der Waals surface area (Å²) in [4.78, 5) is 23.3. The molecular weight excluding hydrogens is 328 g/mol. The fourth-order valence-electron chi connectivity index (χ4n) is 2.20. The zero-order chi connectivity index (χ0) is 17.1. The van der Waals surface area contributed by atoms with Gasteiger partial charge in [0.25, 0.3) is 5.91 Å². The fraction of sp³-hybridized carbons (Fsp3) is 0.118. The number of carbonyl (C=O) groups excluding carboxylic acids is 1. The highest BCUT2D eigenvalue weighted by atomic mass is 32.1. The van der Waals surface area contributed by atoms with Crippen LogP contribution in [-0.4, -0.2) is 12.5 Å². The van der Waals surface area contributed by atoms with Crippen molar-refractivity contribution >= 4 is 33.2 Å². The van der Waals surface area contributed by atoms with Crippen molar-refractivity contribution < 1.29 is 13.9 Å². The van der Waals surface area contributed by atoms with E-state index in [1.54, 1.807) is 29.6 Å². The van der Waals surface area contributed by atoms with Gasteiger partial charge in [-0.25, -0.2) is 4.79 Å². The van der Waals surface area contributed by atoms with Crippen LogP contribution in [0, 0.1) is 18.3 Å². The maximum absolute atomic E-state index is 11.9. The Morgan fingerprint density at radius 2 is 2.21 bits per heavy atom. The van der Waals surface area contributed by atoms with E-state index in [2.05, 4.69) is 5.32 Å². The molecule has 1 amide bonds. The summed E-state index contributed by atoms with van der Waals surface area (Å²) < 4.78 is 10.6. The van der Waals surface area contributed by atoms with E-state index in [4.69, 9.17) is 14.4 Å². The lowest BCUT2D eigenvalue weighted by atomic mass is 10.1. The molecule has 3 aromatic rings. The zero-order valence-corrected chi connectivity index (χ0v) is 13.5. The van der Waals surface area contributed by atoms with Crippen molar-refractivity contribution in [1.29, 1.82) is 5.26 Å². The molecule has 1 N–H and O–H groups in total. The molecule has 0 aliphatic carbocycles. The SMILES string of the molecule is Cc1cc(=O)oc2cc(OCC(=O)Nc3sccc3C#N)ccc12. The van der Waals surface area contributed by atoms with Crippen LogP contribution in [0.1, 0.15) is 11.1 Å². The molecule has 2 heterocycles. The lowest BCUT2D eigenvalue weighted by Crippen LogP contribution is -2.20. The predicted molar refractivity (Wildman–Crippen MR) is 90.4 cm³/mol. The number of aryl methyl sites for hydroxylation is 1. The molecule has 0 spiro atoms. The molecule has 1 aromatic carbocycles. The number of nitrogens with one attached hydrogen (secondary N) is 1. The quantitative estimate of drug-likeness (QED) is 0.737. The van der Waals surface area contributed by atoms with Gasteiger partial charge in [0.2, 0.25) is 0 Å². The molecule has 24 heavy (non-hydrogen) atoms. The molecule has 0 radical (unpaired) electrons. The largest absolute Gasteiger partial charge is 0.484 e. The minimum absolute atomic E-state index is 0.218. The third kappa shape index (κ3) is 3.29. The Bertz CT molecular complexity index is 1010. The summed E-state index contributed by atoms with van der Waals surface area (Å²) in [5.41, 5.74) is 1.20. The monoisotopic (exact) mass is 340 g/mol. The molecule has 0 aliphatic heterocycles. The Morgan fingerprint density at radius 3 is 3.00 bits per heavy atom. The van der Waals surface area contributed by atoms with Crippen molar-refractivity contribution in [3.05, 3.63) is 57.3 Å². The lowest BCUT2D eigenvalue weighted by Gasteiger charge is -2.08. The molecule has 0 saturated carbocycles. The van der Waals surface area contributed by atoms with Gasteiger partial charge in [0.1, 0.15) is 22.4 Å². The van der Waals surface area contributed by atoms with E-state index in [9.17, 15) is 9.59 Å². The van der Waals surface area contributed by atoms with Crippen LogP contribution >= 0.6 is 11.3 Å². The van der Waals surface area contributed by atoms with Crippen molar-refractivity contribution in [3.63, 3.8) is 0 Å². The minimum Gasteiger partial charge on any atom is -0.484 e. The molecule has 0 atom stereocenters. The Morgan fingerprint density at radius 1 is 1.38 bits per heavy atom. The third-order valence-electron chi connectivity index (χ3n) is 3.33. The van der Waals surface area contributed by atoms with Gasteiger partial charge in [0, 0.05) is 17.5 Å². The molecule has 120 valence electrons. The number of benzene rings is 1. The van der Waals surface area contributed by atoms with Crippen molar-refractivity contribution in [2.75, 3.05) is 11.9 Å². The summed E-state index contributed by atoms with van der Waals surface area (Å²) in [6.07, 6.45) is 0. The van der Waals surface area contributed by atoms with Gasteiger partial charge in [-0.2, -0.15) is 5.26 Å². The number of fused-ring (bicyclic) bond motifs is 1. The maximum atomic E-state index is 11.9. The Kier molecular flexibility index (Phi) is 4.31.